The predicted molar refractivity (Wildman–Crippen MR) is 235 cm³/mol. The predicted octanol–water partition coefficient (Wildman–Crippen LogP) is 9.54. The van der Waals surface area contributed by atoms with Crippen LogP contribution in [0.15, 0.2) is 0 Å². The molecule has 0 aromatic rings. The molecule has 368 valence electrons. The summed E-state index contributed by atoms with van der Waals surface area (Å²) in [6, 6.07) is 0. The molecule has 4 N–H and O–H groups in total. The number of carbonyl (C=O) groups is 3. The van der Waals surface area contributed by atoms with Crippen molar-refractivity contribution in [1.82, 2.24) is 0 Å². The fourth-order valence-electron chi connectivity index (χ4n) is 6.19. The summed E-state index contributed by atoms with van der Waals surface area (Å²) in [7, 11) is -9.73. The second kappa shape index (κ2) is 39.8. The largest absolute Gasteiger partial charge is 0.472 e. The summed E-state index contributed by atoms with van der Waals surface area (Å²) in [5.74, 6) is -1.61. The number of ether oxygens (including phenoxy) is 4. The molecule has 0 aliphatic rings. The SMILES string of the molecule is CCCCCCCCCCCCCCC(=O)O[C@H](COC(=O)CCCCCCCCCCCC)COP(=O)(O)OC[C@@H](O)COP(=O)(O)OC[C@@H](COC(=O)CCC)OC(C)O. The van der Waals surface area contributed by atoms with Crippen LogP contribution in [-0.2, 0) is 60.6 Å². The highest BCUT2D eigenvalue weighted by Gasteiger charge is 2.30. The Kier molecular flexibility index (Phi) is 38.9. The maximum absolute atomic E-state index is 12.7. The van der Waals surface area contributed by atoms with Gasteiger partial charge in [-0.25, -0.2) is 9.13 Å². The first-order valence-corrected chi connectivity index (χ1v) is 26.4. The van der Waals surface area contributed by atoms with Crippen LogP contribution in [0.25, 0.3) is 0 Å². The van der Waals surface area contributed by atoms with E-state index in [1.807, 2.05) is 0 Å². The molecule has 0 fully saturated rings. The number of hydrogen-bond donors (Lipinski definition) is 4. The lowest BCUT2D eigenvalue weighted by Crippen LogP contribution is -2.30. The van der Waals surface area contributed by atoms with Gasteiger partial charge in [0.1, 0.15) is 25.4 Å². The van der Waals surface area contributed by atoms with Crippen molar-refractivity contribution < 1.29 is 80.6 Å². The average Bonchev–Trinajstić information content (AvgIpc) is 3.22. The second-order valence-electron chi connectivity index (χ2n) is 15.9. The lowest BCUT2D eigenvalue weighted by Gasteiger charge is -2.22. The van der Waals surface area contributed by atoms with Gasteiger partial charge in [0.2, 0.25) is 0 Å². The van der Waals surface area contributed by atoms with Gasteiger partial charge in [-0.1, -0.05) is 149 Å². The minimum absolute atomic E-state index is 0.110. The molecule has 6 atom stereocenters. The second-order valence-corrected chi connectivity index (χ2v) is 18.8. The monoisotopic (exact) mass is 935 g/mol. The minimum Gasteiger partial charge on any atom is -0.463 e. The summed E-state index contributed by atoms with van der Waals surface area (Å²) >= 11 is 0. The highest BCUT2D eigenvalue weighted by molar-refractivity contribution is 7.47. The topological polar surface area (TPSA) is 240 Å². The molecule has 0 saturated carbocycles. The molecule has 0 aromatic carbocycles. The molecular formula is C43H84O17P2. The molecule has 0 spiro atoms. The van der Waals surface area contributed by atoms with Gasteiger partial charge in [-0.15, -0.1) is 0 Å². The Bertz CT molecular complexity index is 1210. The number of carbonyl (C=O) groups excluding carboxylic acids is 3. The highest BCUT2D eigenvalue weighted by atomic mass is 31.2. The van der Waals surface area contributed by atoms with Crippen molar-refractivity contribution in [1.29, 1.82) is 0 Å². The molecule has 0 aliphatic carbocycles. The van der Waals surface area contributed by atoms with E-state index in [4.69, 9.17) is 37.0 Å². The molecule has 0 bridgehead atoms. The molecular weight excluding hydrogens is 850 g/mol. The molecule has 62 heavy (non-hydrogen) atoms. The molecule has 0 aromatic heterocycles. The van der Waals surface area contributed by atoms with Crippen LogP contribution in [-0.4, -0.2) is 102 Å². The van der Waals surface area contributed by atoms with Crippen molar-refractivity contribution in [3.63, 3.8) is 0 Å². The fourth-order valence-corrected chi connectivity index (χ4v) is 7.77. The number of esters is 3. The molecule has 0 heterocycles. The van der Waals surface area contributed by atoms with E-state index >= 15 is 0 Å². The lowest BCUT2D eigenvalue weighted by atomic mass is 10.0. The van der Waals surface area contributed by atoms with Crippen molar-refractivity contribution in [3.05, 3.63) is 0 Å². The van der Waals surface area contributed by atoms with Crippen molar-refractivity contribution >= 4 is 33.6 Å². The number of phosphoric acid groups is 2. The van der Waals surface area contributed by atoms with Gasteiger partial charge in [0.15, 0.2) is 12.4 Å². The summed E-state index contributed by atoms with van der Waals surface area (Å²) in [4.78, 5) is 57.3. The molecule has 0 rings (SSSR count). The van der Waals surface area contributed by atoms with Crippen LogP contribution in [0.3, 0.4) is 0 Å². The zero-order valence-corrected chi connectivity index (χ0v) is 40.2. The van der Waals surface area contributed by atoms with Crippen LogP contribution in [0.5, 0.6) is 0 Å². The zero-order chi connectivity index (χ0) is 46.3. The summed E-state index contributed by atoms with van der Waals surface area (Å²) in [5.41, 5.74) is 0. The number of rotatable bonds is 45. The minimum atomic E-state index is -4.90. The molecule has 0 aliphatic heterocycles. The van der Waals surface area contributed by atoms with Gasteiger partial charge in [0.05, 0.1) is 26.4 Å². The average molecular weight is 935 g/mol. The van der Waals surface area contributed by atoms with Gasteiger partial charge in [0, 0.05) is 19.3 Å². The highest BCUT2D eigenvalue weighted by Crippen LogP contribution is 2.45. The van der Waals surface area contributed by atoms with Crippen LogP contribution in [0, 0.1) is 0 Å². The molecule has 0 radical (unpaired) electrons. The van der Waals surface area contributed by atoms with E-state index < -0.39 is 91.2 Å². The normalized spacial score (nSPS) is 15.5. The van der Waals surface area contributed by atoms with E-state index in [-0.39, 0.29) is 25.9 Å². The van der Waals surface area contributed by atoms with Crippen molar-refractivity contribution in [2.24, 2.45) is 0 Å². The van der Waals surface area contributed by atoms with Crippen LogP contribution < -0.4 is 0 Å². The molecule has 17 nitrogen and oxygen atoms in total. The van der Waals surface area contributed by atoms with Gasteiger partial charge >= 0.3 is 33.6 Å². The molecule has 19 heteroatoms. The smallest absolute Gasteiger partial charge is 0.463 e. The van der Waals surface area contributed by atoms with E-state index in [1.54, 1.807) is 6.92 Å². The Morgan fingerprint density at radius 2 is 0.774 bits per heavy atom. The van der Waals surface area contributed by atoms with E-state index in [0.717, 1.165) is 44.9 Å². The third kappa shape index (κ3) is 40.1. The van der Waals surface area contributed by atoms with E-state index in [0.29, 0.717) is 19.3 Å². The quantitative estimate of drug-likeness (QED) is 0.0146. The Morgan fingerprint density at radius 1 is 0.435 bits per heavy atom. The molecule has 0 saturated heterocycles. The van der Waals surface area contributed by atoms with Crippen molar-refractivity contribution in [3.8, 4) is 0 Å². The first-order valence-electron chi connectivity index (χ1n) is 23.4. The Labute approximate surface area is 372 Å². The maximum atomic E-state index is 12.7. The van der Waals surface area contributed by atoms with E-state index in [1.165, 1.54) is 90.4 Å². The standard InChI is InChI=1S/C43H84O17P2/c1-5-8-10-12-14-16-18-19-21-23-25-27-30-43(48)60-40(34-54-42(47)29-26-24-22-20-17-15-13-11-9-6-2)36-58-62(51,52)56-32-38(45)31-55-61(49,50)57-35-39(59-37(4)44)33-53-41(46)28-7-3/h37-40,44-45H,5-36H2,1-4H3,(H,49,50)(H,51,52)/t37?,38-,39+,40+/m0/s1. The van der Waals surface area contributed by atoms with Crippen LogP contribution in [0.4, 0.5) is 0 Å². The number of hydrogen-bond acceptors (Lipinski definition) is 15. The maximum Gasteiger partial charge on any atom is 0.472 e. The van der Waals surface area contributed by atoms with Crippen molar-refractivity contribution in [2.45, 2.75) is 219 Å². The summed E-state index contributed by atoms with van der Waals surface area (Å²) in [6.45, 7) is 3.60. The Balaban J connectivity index is 4.92. The van der Waals surface area contributed by atoms with Crippen molar-refractivity contribution in [2.75, 3.05) is 39.6 Å². The summed E-state index contributed by atoms with van der Waals surface area (Å²) < 4.78 is 65.5. The van der Waals surface area contributed by atoms with E-state index in [2.05, 4.69) is 13.8 Å². The van der Waals surface area contributed by atoms with Gasteiger partial charge in [-0.3, -0.25) is 32.5 Å². The van der Waals surface area contributed by atoms with Gasteiger partial charge < -0.3 is 38.9 Å². The number of aliphatic hydroxyl groups is 2. The molecule has 0 amide bonds. The first-order chi connectivity index (χ1) is 29.6. The number of aliphatic hydroxyl groups excluding tert-OH is 2. The van der Waals surface area contributed by atoms with Crippen LogP contribution in [0.1, 0.15) is 195 Å². The zero-order valence-electron chi connectivity index (χ0n) is 38.4. The number of unbranched alkanes of at least 4 members (excludes halogenated alkanes) is 20. The van der Waals surface area contributed by atoms with Crippen LogP contribution >= 0.6 is 15.6 Å². The summed E-state index contributed by atoms with van der Waals surface area (Å²) in [5, 5.41) is 19.7. The Morgan fingerprint density at radius 3 is 1.18 bits per heavy atom. The third-order valence-electron chi connectivity index (χ3n) is 9.68. The fraction of sp³-hybridized carbons (Fsp3) is 0.930. The molecule has 3 unspecified atom stereocenters. The van der Waals surface area contributed by atoms with Crippen LogP contribution in [0.2, 0.25) is 0 Å². The van der Waals surface area contributed by atoms with Gasteiger partial charge in [-0.05, 0) is 26.2 Å². The van der Waals surface area contributed by atoms with Gasteiger partial charge in [0.25, 0.3) is 0 Å². The first kappa shape index (κ1) is 60.5. The summed E-state index contributed by atoms with van der Waals surface area (Å²) in [6.07, 6.45) is 20.2. The third-order valence-corrected chi connectivity index (χ3v) is 11.6. The number of phosphoric ester groups is 2. The Hall–Kier alpha value is -1.49. The lowest BCUT2D eigenvalue weighted by molar-refractivity contribution is -0.167. The van der Waals surface area contributed by atoms with Gasteiger partial charge in [-0.2, -0.15) is 0 Å². The van der Waals surface area contributed by atoms with E-state index in [9.17, 15) is 43.5 Å².